The van der Waals surface area contributed by atoms with Gasteiger partial charge in [0.25, 0.3) is 0 Å². The predicted molar refractivity (Wildman–Crippen MR) is 95.2 cm³/mol. The van der Waals surface area contributed by atoms with Crippen LogP contribution in [0.2, 0.25) is 0 Å². The first-order valence-electron chi connectivity index (χ1n) is 8.80. The van der Waals surface area contributed by atoms with E-state index in [1.165, 1.54) is 7.11 Å². The van der Waals surface area contributed by atoms with E-state index in [0.29, 0.717) is 17.9 Å². The highest BCUT2D eigenvalue weighted by atomic mass is 16.5. The molecule has 7 nitrogen and oxygen atoms in total. The van der Waals surface area contributed by atoms with Gasteiger partial charge in [-0.25, -0.2) is 9.59 Å². The third-order valence-corrected chi connectivity index (χ3v) is 4.61. The van der Waals surface area contributed by atoms with Crippen molar-refractivity contribution in [3.63, 3.8) is 0 Å². The van der Waals surface area contributed by atoms with E-state index in [4.69, 9.17) is 9.47 Å². The van der Waals surface area contributed by atoms with Crippen molar-refractivity contribution in [3.8, 4) is 0 Å². The monoisotopic (exact) mass is 347 g/mol. The third-order valence-electron chi connectivity index (χ3n) is 4.61. The molecule has 0 aliphatic carbocycles. The highest BCUT2D eigenvalue weighted by Crippen LogP contribution is 2.30. The summed E-state index contributed by atoms with van der Waals surface area (Å²) in [5, 5.41) is 5.84. The number of methoxy groups -OCH3 is 1. The van der Waals surface area contributed by atoms with Gasteiger partial charge in [0.1, 0.15) is 0 Å². The SMILES string of the molecule is COC(=O)c1ccc(N2CCCC2)c(NC(=O)N[C@H]2CCCOC2)c1. The minimum Gasteiger partial charge on any atom is -0.465 e. The van der Waals surface area contributed by atoms with Gasteiger partial charge in [0.15, 0.2) is 0 Å². The van der Waals surface area contributed by atoms with Gasteiger partial charge < -0.3 is 25.0 Å². The molecule has 2 saturated heterocycles. The van der Waals surface area contributed by atoms with Crippen LogP contribution in [-0.4, -0.2) is 51.5 Å². The fourth-order valence-corrected chi connectivity index (χ4v) is 3.31. The first kappa shape index (κ1) is 17.5. The van der Waals surface area contributed by atoms with Crippen molar-refractivity contribution in [2.45, 2.75) is 31.7 Å². The smallest absolute Gasteiger partial charge is 0.337 e. The summed E-state index contributed by atoms with van der Waals surface area (Å²) in [5.74, 6) is -0.419. The van der Waals surface area contributed by atoms with Crippen molar-refractivity contribution in [2.75, 3.05) is 43.6 Å². The van der Waals surface area contributed by atoms with Crippen molar-refractivity contribution in [2.24, 2.45) is 0 Å². The molecular weight excluding hydrogens is 322 g/mol. The van der Waals surface area contributed by atoms with Gasteiger partial charge in [-0.2, -0.15) is 0 Å². The second-order valence-electron chi connectivity index (χ2n) is 6.43. The lowest BCUT2D eigenvalue weighted by molar-refractivity contribution is 0.0600. The highest BCUT2D eigenvalue weighted by Gasteiger charge is 2.21. The Hall–Kier alpha value is -2.28. The lowest BCUT2D eigenvalue weighted by Gasteiger charge is -2.25. The first-order chi connectivity index (χ1) is 12.2. The number of carbonyl (C=O) groups excluding carboxylic acids is 2. The average Bonchev–Trinajstić information content (AvgIpc) is 3.16. The summed E-state index contributed by atoms with van der Waals surface area (Å²) in [6, 6.07) is 5.02. The van der Waals surface area contributed by atoms with E-state index in [-0.39, 0.29) is 12.1 Å². The van der Waals surface area contributed by atoms with Gasteiger partial charge in [-0.05, 0) is 43.9 Å². The lowest BCUT2D eigenvalue weighted by Crippen LogP contribution is -2.43. The van der Waals surface area contributed by atoms with Gasteiger partial charge in [0, 0.05) is 19.7 Å². The largest absolute Gasteiger partial charge is 0.465 e. The summed E-state index contributed by atoms with van der Waals surface area (Å²) in [6.45, 7) is 3.18. The van der Waals surface area contributed by atoms with Crippen molar-refractivity contribution >= 4 is 23.4 Å². The summed E-state index contributed by atoms with van der Waals surface area (Å²) in [6.07, 6.45) is 4.12. The van der Waals surface area contributed by atoms with Gasteiger partial charge in [-0.1, -0.05) is 0 Å². The Bertz CT molecular complexity index is 623. The van der Waals surface area contributed by atoms with E-state index in [1.54, 1.807) is 12.1 Å². The zero-order chi connectivity index (χ0) is 17.6. The molecule has 1 aromatic rings. The van der Waals surface area contributed by atoms with Crippen LogP contribution in [0.15, 0.2) is 18.2 Å². The molecule has 7 heteroatoms. The Labute approximate surface area is 147 Å². The summed E-state index contributed by atoms with van der Waals surface area (Å²) in [5.41, 5.74) is 1.97. The number of rotatable bonds is 4. The molecule has 0 saturated carbocycles. The van der Waals surface area contributed by atoms with Crippen LogP contribution in [-0.2, 0) is 9.47 Å². The standard InChI is InChI=1S/C18H25N3O4/c1-24-17(22)13-6-7-16(21-8-2-3-9-21)15(11-13)20-18(23)19-14-5-4-10-25-12-14/h6-7,11,14H,2-5,8-10,12H2,1H3,(H2,19,20,23)/t14-/m0/s1. The van der Waals surface area contributed by atoms with Crippen LogP contribution in [0.3, 0.4) is 0 Å². The average molecular weight is 347 g/mol. The molecule has 0 radical (unpaired) electrons. The number of amides is 2. The Kier molecular flexibility index (Phi) is 5.75. The molecule has 0 spiro atoms. The van der Waals surface area contributed by atoms with E-state index < -0.39 is 5.97 Å². The fraction of sp³-hybridized carbons (Fsp3) is 0.556. The summed E-state index contributed by atoms with van der Waals surface area (Å²) in [4.78, 5) is 26.4. The number of nitrogens with zero attached hydrogens (tertiary/aromatic N) is 1. The maximum atomic E-state index is 12.4. The quantitative estimate of drug-likeness (QED) is 0.818. The minimum atomic E-state index is -0.419. The Morgan fingerprint density at radius 2 is 2.04 bits per heavy atom. The summed E-state index contributed by atoms with van der Waals surface area (Å²) in [7, 11) is 1.35. The Balaban J connectivity index is 1.75. The van der Waals surface area contributed by atoms with Crippen LogP contribution in [0.4, 0.5) is 16.2 Å². The predicted octanol–water partition coefficient (Wildman–Crippen LogP) is 2.37. The molecule has 1 aromatic carbocycles. The molecule has 2 aliphatic rings. The number of anilines is 2. The van der Waals surface area contributed by atoms with Gasteiger partial charge in [0.05, 0.1) is 36.7 Å². The molecular formula is C18H25N3O4. The van der Waals surface area contributed by atoms with Gasteiger partial charge in [-0.3, -0.25) is 0 Å². The zero-order valence-corrected chi connectivity index (χ0v) is 14.5. The fourth-order valence-electron chi connectivity index (χ4n) is 3.31. The molecule has 2 fully saturated rings. The van der Waals surface area contributed by atoms with Crippen LogP contribution >= 0.6 is 0 Å². The molecule has 3 rings (SSSR count). The summed E-state index contributed by atoms with van der Waals surface area (Å²) < 4.78 is 10.2. The van der Waals surface area contributed by atoms with Gasteiger partial charge in [-0.15, -0.1) is 0 Å². The zero-order valence-electron chi connectivity index (χ0n) is 14.5. The number of esters is 1. The first-order valence-corrected chi connectivity index (χ1v) is 8.80. The maximum Gasteiger partial charge on any atom is 0.337 e. The van der Waals surface area contributed by atoms with Crippen molar-refractivity contribution in [3.05, 3.63) is 23.8 Å². The second kappa shape index (κ2) is 8.20. The maximum absolute atomic E-state index is 12.4. The Morgan fingerprint density at radius 1 is 1.24 bits per heavy atom. The van der Waals surface area contributed by atoms with E-state index in [9.17, 15) is 9.59 Å². The van der Waals surface area contributed by atoms with Crippen molar-refractivity contribution < 1.29 is 19.1 Å². The van der Waals surface area contributed by atoms with Crippen LogP contribution in [0.25, 0.3) is 0 Å². The van der Waals surface area contributed by atoms with Crippen LogP contribution in [0.1, 0.15) is 36.0 Å². The number of carbonyl (C=O) groups is 2. The van der Waals surface area contributed by atoms with Crippen molar-refractivity contribution in [1.29, 1.82) is 0 Å². The normalized spacial score (nSPS) is 20.2. The molecule has 0 unspecified atom stereocenters. The van der Waals surface area contributed by atoms with E-state index in [0.717, 1.165) is 51.1 Å². The number of nitrogens with one attached hydrogen (secondary N) is 2. The van der Waals surface area contributed by atoms with Gasteiger partial charge in [0.2, 0.25) is 0 Å². The highest BCUT2D eigenvalue weighted by molar-refractivity contribution is 5.97. The Morgan fingerprint density at radius 3 is 2.72 bits per heavy atom. The second-order valence-corrected chi connectivity index (χ2v) is 6.43. The molecule has 2 amide bonds. The number of urea groups is 1. The van der Waals surface area contributed by atoms with E-state index in [2.05, 4.69) is 15.5 Å². The molecule has 0 aromatic heterocycles. The number of hydrogen-bond donors (Lipinski definition) is 2. The number of hydrogen-bond acceptors (Lipinski definition) is 5. The van der Waals surface area contributed by atoms with E-state index >= 15 is 0 Å². The topological polar surface area (TPSA) is 79.9 Å². The molecule has 136 valence electrons. The lowest BCUT2D eigenvalue weighted by atomic mass is 10.1. The van der Waals surface area contributed by atoms with Crippen LogP contribution < -0.4 is 15.5 Å². The molecule has 2 aliphatic heterocycles. The van der Waals surface area contributed by atoms with Crippen molar-refractivity contribution in [1.82, 2.24) is 5.32 Å². The number of ether oxygens (including phenoxy) is 2. The molecule has 0 bridgehead atoms. The van der Waals surface area contributed by atoms with Crippen LogP contribution in [0.5, 0.6) is 0 Å². The molecule has 25 heavy (non-hydrogen) atoms. The van der Waals surface area contributed by atoms with E-state index in [1.807, 2.05) is 6.07 Å². The van der Waals surface area contributed by atoms with Crippen LogP contribution in [0, 0.1) is 0 Å². The third kappa shape index (κ3) is 4.42. The molecule has 2 N–H and O–H groups in total. The molecule has 1 atom stereocenters. The summed E-state index contributed by atoms with van der Waals surface area (Å²) >= 11 is 0. The minimum absolute atomic E-state index is 0.0211. The van der Waals surface area contributed by atoms with Gasteiger partial charge >= 0.3 is 12.0 Å². The molecule has 2 heterocycles. The number of benzene rings is 1.